The Morgan fingerprint density at radius 2 is 2.00 bits per heavy atom. The zero-order valence-electron chi connectivity index (χ0n) is 22.1. The number of fused-ring (bicyclic) bond motifs is 1. The van der Waals surface area contributed by atoms with Crippen molar-refractivity contribution in [1.29, 1.82) is 0 Å². The number of rotatable bonds is 8. The molecule has 1 aromatic heterocycles. The van der Waals surface area contributed by atoms with Gasteiger partial charge in [0, 0.05) is 49.2 Å². The van der Waals surface area contributed by atoms with Crippen LogP contribution < -0.4 is 21.4 Å². The molecule has 5 rings (SSSR count). The number of carbonyl (C=O) groups excluding carboxylic acids is 3. The normalized spacial score (nSPS) is 24.0. The molecule has 3 saturated heterocycles. The minimum absolute atomic E-state index is 0.0843. The second kappa shape index (κ2) is 11.8. The number of benzene rings is 1. The number of thiazole rings is 1. The van der Waals surface area contributed by atoms with Crippen LogP contribution >= 0.6 is 11.3 Å². The molecule has 2 amide bonds. The summed E-state index contributed by atoms with van der Waals surface area (Å²) in [5.74, 6) is 4.49. The molecule has 2 aromatic rings. The van der Waals surface area contributed by atoms with Crippen molar-refractivity contribution in [3.05, 3.63) is 35.2 Å². The first-order valence-electron chi connectivity index (χ1n) is 13.2. The monoisotopic (exact) mass is 554 g/mol. The highest BCUT2D eigenvalue weighted by atomic mass is 32.1. The first-order valence-corrected chi connectivity index (χ1v) is 14.1. The van der Waals surface area contributed by atoms with Crippen molar-refractivity contribution in [2.75, 3.05) is 44.2 Å². The van der Waals surface area contributed by atoms with Crippen molar-refractivity contribution in [2.24, 2.45) is 22.1 Å². The number of ketones is 1. The predicted molar refractivity (Wildman–Crippen MR) is 146 cm³/mol. The molecule has 0 radical (unpaired) electrons. The highest BCUT2D eigenvalue weighted by Crippen LogP contribution is 2.31. The highest BCUT2D eigenvalue weighted by molar-refractivity contribution is 7.14. The van der Waals surface area contributed by atoms with Gasteiger partial charge in [-0.05, 0) is 24.5 Å². The smallest absolute Gasteiger partial charge is 0.251 e. The van der Waals surface area contributed by atoms with E-state index in [9.17, 15) is 14.4 Å². The summed E-state index contributed by atoms with van der Waals surface area (Å²) in [6, 6.07) is 5.14. The first-order chi connectivity index (χ1) is 18.9. The molecule has 0 saturated carbocycles. The summed E-state index contributed by atoms with van der Waals surface area (Å²) in [6.07, 6.45) is -0.156. The van der Waals surface area contributed by atoms with Gasteiger partial charge in [-0.1, -0.05) is 31.2 Å². The summed E-state index contributed by atoms with van der Waals surface area (Å²) < 4.78 is 5.58. The van der Waals surface area contributed by atoms with Gasteiger partial charge in [0.05, 0.1) is 5.69 Å². The van der Waals surface area contributed by atoms with Gasteiger partial charge in [-0.2, -0.15) is 5.11 Å². The van der Waals surface area contributed by atoms with Crippen molar-refractivity contribution >= 4 is 34.1 Å². The molecule has 3 fully saturated rings. The fraction of sp³-hybridized carbons (Fsp3) is 0.538. The van der Waals surface area contributed by atoms with E-state index in [1.165, 1.54) is 4.90 Å². The molecule has 0 spiro atoms. The third-order valence-corrected chi connectivity index (χ3v) is 8.19. The molecule has 13 heteroatoms. The Morgan fingerprint density at radius 3 is 2.69 bits per heavy atom. The number of piperazine rings is 1. The Labute approximate surface area is 231 Å². The van der Waals surface area contributed by atoms with Crippen LogP contribution in [0.5, 0.6) is 0 Å². The lowest BCUT2D eigenvalue weighted by Gasteiger charge is -2.28. The van der Waals surface area contributed by atoms with Crippen molar-refractivity contribution < 1.29 is 19.1 Å². The van der Waals surface area contributed by atoms with Crippen LogP contribution in [0.15, 0.2) is 40.0 Å². The number of hydrogen-bond donors (Lipinski definition) is 3. The summed E-state index contributed by atoms with van der Waals surface area (Å²) in [5, 5.41) is 16.6. The fourth-order valence-electron chi connectivity index (χ4n) is 5.37. The molecule has 39 heavy (non-hydrogen) atoms. The minimum atomic E-state index is -0.806. The standard InChI is InChI=1S/C26H34N8O4S/c1-15(2)11-18(25(37)34-12-19(31-32-27)23-22(34)21(35)13-38-23)29-24(36)17-5-3-16(4-6-17)20-14-39-26(30-20)33-9-7-28-8-10-33/h3-6,14-15,18-19,22-23,28H,7-13H2,1-2H3,(H2,27,31)(H,29,36)/t18-,19+,22+,23+/m0/s1. The molecule has 1 aromatic carbocycles. The maximum atomic E-state index is 13.6. The molecule has 208 valence electrons. The van der Waals surface area contributed by atoms with Gasteiger partial charge < -0.3 is 31.0 Å². The molecule has 4 atom stereocenters. The van der Waals surface area contributed by atoms with E-state index in [0.717, 1.165) is 42.6 Å². The number of anilines is 1. The van der Waals surface area contributed by atoms with E-state index in [-0.39, 0.29) is 36.7 Å². The Balaban J connectivity index is 1.28. The molecule has 4 N–H and O–H groups in total. The maximum absolute atomic E-state index is 13.6. The van der Waals surface area contributed by atoms with E-state index in [4.69, 9.17) is 15.6 Å². The number of nitrogens with one attached hydrogen (secondary N) is 2. The average molecular weight is 555 g/mol. The second-order valence-corrected chi connectivity index (χ2v) is 11.3. The summed E-state index contributed by atoms with van der Waals surface area (Å²) in [5.41, 5.74) is 2.22. The molecule has 0 aliphatic carbocycles. The van der Waals surface area contributed by atoms with Crippen LogP contribution in [-0.4, -0.2) is 91.0 Å². The predicted octanol–water partition coefficient (Wildman–Crippen LogP) is 1.24. The SMILES string of the molecule is CC(C)C[C@H](NC(=O)c1ccc(-c2csc(N3CCNCC3)n2)cc1)C(=O)N1C[C@@H](N=NN)[C@H]2OCC(=O)[C@H]21. The van der Waals surface area contributed by atoms with Gasteiger partial charge in [-0.15, -0.1) is 11.3 Å². The number of Topliss-reactive ketones (excluding diaryl/α,β-unsaturated/α-hetero) is 1. The molecule has 12 nitrogen and oxygen atoms in total. The van der Waals surface area contributed by atoms with Gasteiger partial charge in [0.15, 0.2) is 10.9 Å². The van der Waals surface area contributed by atoms with E-state index in [2.05, 4.69) is 25.9 Å². The Bertz CT molecular complexity index is 1230. The van der Waals surface area contributed by atoms with Crippen molar-refractivity contribution in [3.8, 4) is 11.3 Å². The van der Waals surface area contributed by atoms with Crippen molar-refractivity contribution in [1.82, 2.24) is 20.5 Å². The summed E-state index contributed by atoms with van der Waals surface area (Å²) in [7, 11) is 0. The van der Waals surface area contributed by atoms with Crippen LogP contribution in [0.4, 0.5) is 5.13 Å². The summed E-state index contributed by atoms with van der Waals surface area (Å²) in [4.78, 5) is 47.9. The quantitative estimate of drug-likeness (QED) is 0.250. The lowest BCUT2D eigenvalue weighted by molar-refractivity contribution is -0.138. The minimum Gasteiger partial charge on any atom is -0.365 e. The topological polar surface area (TPSA) is 155 Å². The van der Waals surface area contributed by atoms with E-state index in [1.54, 1.807) is 23.5 Å². The van der Waals surface area contributed by atoms with Gasteiger partial charge in [0.25, 0.3) is 5.91 Å². The van der Waals surface area contributed by atoms with Crippen LogP contribution in [0, 0.1) is 5.92 Å². The Kier molecular flexibility index (Phi) is 8.19. The van der Waals surface area contributed by atoms with Gasteiger partial charge in [-0.25, -0.2) is 4.98 Å². The van der Waals surface area contributed by atoms with Crippen LogP contribution in [0.3, 0.4) is 0 Å². The zero-order valence-corrected chi connectivity index (χ0v) is 22.9. The molecule has 4 heterocycles. The molecular formula is C26H34N8O4S. The Morgan fingerprint density at radius 1 is 1.26 bits per heavy atom. The van der Waals surface area contributed by atoms with Crippen molar-refractivity contribution in [2.45, 2.75) is 44.5 Å². The van der Waals surface area contributed by atoms with Gasteiger partial charge in [0.1, 0.15) is 30.8 Å². The number of carbonyl (C=O) groups is 3. The van der Waals surface area contributed by atoms with Crippen LogP contribution in [0.1, 0.15) is 30.6 Å². The van der Waals surface area contributed by atoms with E-state index in [1.807, 2.05) is 31.4 Å². The zero-order chi connectivity index (χ0) is 27.5. The number of ether oxygens (including phenoxy) is 1. The third kappa shape index (κ3) is 5.80. The van der Waals surface area contributed by atoms with Gasteiger partial charge in [-0.3, -0.25) is 14.4 Å². The largest absolute Gasteiger partial charge is 0.365 e. The maximum Gasteiger partial charge on any atom is 0.251 e. The molecule has 3 aliphatic rings. The molecule has 0 bridgehead atoms. The molecule has 3 aliphatic heterocycles. The number of hydrogen-bond acceptors (Lipinski definition) is 10. The lowest BCUT2D eigenvalue weighted by atomic mass is 10.0. The summed E-state index contributed by atoms with van der Waals surface area (Å²) >= 11 is 1.61. The number of nitrogens with zero attached hydrogens (tertiary/aromatic N) is 5. The highest BCUT2D eigenvalue weighted by Gasteiger charge is 2.53. The van der Waals surface area contributed by atoms with Crippen molar-refractivity contribution in [3.63, 3.8) is 0 Å². The van der Waals surface area contributed by atoms with E-state index < -0.39 is 24.2 Å². The Hall–Kier alpha value is -3.42. The average Bonchev–Trinajstić information content (AvgIpc) is 3.66. The summed E-state index contributed by atoms with van der Waals surface area (Å²) in [6.45, 7) is 7.78. The second-order valence-electron chi connectivity index (χ2n) is 10.5. The molecule has 0 unspecified atom stereocenters. The number of aromatic nitrogens is 1. The lowest BCUT2D eigenvalue weighted by Crippen LogP contribution is -2.52. The van der Waals surface area contributed by atoms with Gasteiger partial charge >= 0.3 is 0 Å². The van der Waals surface area contributed by atoms with Crippen LogP contribution in [-0.2, 0) is 14.3 Å². The van der Waals surface area contributed by atoms with E-state index in [0.29, 0.717) is 12.0 Å². The third-order valence-electron chi connectivity index (χ3n) is 7.29. The van der Waals surface area contributed by atoms with Crippen LogP contribution in [0.2, 0.25) is 0 Å². The molecular weight excluding hydrogens is 520 g/mol. The fourth-order valence-corrected chi connectivity index (χ4v) is 6.26. The number of likely N-dealkylation sites (tertiary alicyclic amines) is 1. The van der Waals surface area contributed by atoms with Gasteiger partial charge in [0.2, 0.25) is 5.91 Å². The number of amides is 2. The van der Waals surface area contributed by atoms with Crippen LogP contribution in [0.25, 0.3) is 11.3 Å². The number of nitrogens with two attached hydrogens (primary N) is 1. The van der Waals surface area contributed by atoms with E-state index >= 15 is 0 Å². The first kappa shape index (κ1) is 27.2.